The Hall–Kier alpha value is -3.08. The van der Waals surface area contributed by atoms with Crippen molar-refractivity contribution in [3.05, 3.63) is 29.6 Å². The van der Waals surface area contributed by atoms with E-state index in [2.05, 4.69) is 16.4 Å². The number of amides is 1. The van der Waals surface area contributed by atoms with Crippen molar-refractivity contribution in [2.75, 3.05) is 0 Å². The summed E-state index contributed by atoms with van der Waals surface area (Å²) in [6.07, 6.45) is -0.471. The molecule has 0 aliphatic carbocycles. The molecule has 8 nitrogen and oxygen atoms in total. The van der Waals surface area contributed by atoms with Gasteiger partial charge in [-0.25, -0.2) is 19.1 Å². The molecule has 0 saturated carbocycles. The number of ether oxygens (including phenoxy) is 2. The van der Waals surface area contributed by atoms with E-state index in [0.717, 1.165) is 16.6 Å². The number of aromatic nitrogens is 2. The second-order valence-electron chi connectivity index (χ2n) is 8.93. The van der Waals surface area contributed by atoms with Gasteiger partial charge in [0.2, 0.25) is 0 Å². The van der Waals surface area contributed by atoms with E-state index in [1.807, 2.05) is 18.2 Å². The average Bonchev–Trinajstić information content (AvgIpc) is 2.86. The number of rotatable bonds is 4. The van der Waals surface area contributed by atoms with Crippen LogP contribution in [0.1, 0.15) is 52.9 Å². The Balaban J connectivity index is 2.28. The van der Waals surface area contributed by atoms with Gasteiger partial charge in [0.05, 0.1) is 7.05 Å². The minimum Gasteiger partial charge on any atom is -0.458 e. The van der Waals surface area contributed by atoms with E-state index in [0.29, 0.717) is 5.82 Å². The normalized spacial score (nSPS) is 12.9. The van der Waals surface area contributed by atoms with Crippen molar-refractivity contribution < 1.29 is 23.6 Å². The van der Waals surface area contributed by atoms with E-state index in [1.165, 1.54) is 0 Å². The number of imidazole rings is 1. The predicted molar refractivity (Wildman–Crippen MR) is 107 cm³/mol. The number of carbonyl (C=O) groups is 2. The van der Waals surface area contributed by atoms with Gasteiger partial charge in [0.25, 0.3) is 0 Å². The number of benzene rings is 1. The zero-order chi connectivity index (χ0) is 22.0. The van der Waals surface area contributed by atoms with E-state index in [1.54, 1.807) is 53.2 Å². The summed E-state index contributed by atoms with van der Waals surface area (Å²) in [6, 6.07) is 6.75. The number of H-pyrrole nitrogens is 1. The number of aryl methyl sites for hydroxylation is 1. The van der Waals surface area contributed by atoms with Gasteiger partial charge in [-0.1, -0.05) is 6.07 Å². The Morgan fingerprint density at radius 1 is 1.17 bits per heavy atom. The van der Waals surface area contributed by atoms with Gasteiger partial charge in [0.1, 0.15) is 17.2 Å². The molecule has 29 heavy (non-hydrogen) atoms. The summed E-state index contributed by atoms with van der Waals surface area (Å²) < 4.78 is 12.5. The smallest absolute Gasteiger partial charge is 0.408 e. The molecule has 156 valence electrons. The highest BCUT2D eigenvalue weighted by Gasteiger charge is 2.29. The molecule has 0 aliphatic rings. The molecule has 1 aromatic carbocycles. The zero-order valence-electron chi connectivity index (χ0n) is 18.0. The summed E-state index contributed by atoms with van der Waals surface area (Å²) in [5.41, 5.74) is 1.05. The molecule has 0 bridgehead atoms. The fourth-order valence-corrected chi connectivity index (χ4v) is 2.79. The first kappa shape index (κ1) is 22.2. The molecule has 0 aliphatic heterocycles. The van der Waals surface area contributed by atoms with Crippen molar-refractivity contribution in [2.45, 2.75) is 65.2 Å². The van der Waals surface area contributed by atoms with Crippen LogP contribution in [0.2, 0.25) is 0 Å². The molecule has 0 spiro atoms. The Bertz CT molecular complexity index is 958. The first-order valence-electron chi connectivity index (χ1n) is 9.42. The number of carbonyl (C=O) groups excluding carboxylic acids is 2. The first-order chi connectivity index (χ1) is 13.3. The monoisotopic (exact) mass is 401 g/mol. The van der Waals surface area contributed by atoms with E-state index < -0.39 is 29.3 Å². The van der Waals surface area contributed by atoms with Crippen LogP contribution in [0.3, 0.4) is 0 Å². The van der Waals surface area contributed by atoms with Crippen LogP contribution in [0, 0.1) is 11.3 Å². The lowest BCUT2D eigenvalue weighted by molar-refractivity contribution is -0.647. The van der Waals surface area contributed by atoms with E-state index in [4.69, 9.17) is 9.47 Å². The third-order valence-electron chi connectivity index (χ3n) is 3.94. The lowest BCUT2D eigenvalue weighted by Gasteiger charge is -2.26. The van der Waals surface area contributed by atoms with Crippen molar-refractivity contribution >= 4 is 23.1 Å². The molecule has 2 rings (SSSR count). The number of esters is 1. The van der Waals surface area contributed by atoms with Gasteiger partial charge in [-0.15, -0.1) is 0 Å². The zero-order valence-corrected chi connectivity index (χ0v) is 18.0. The topological polar surface area (TPSA) is 108 Å². The Kier molecular flexibility index (Phi) is 6.21. The second-order valence-corrected chi connectivity index (χ2v) is 8.93. The van der Waals surface area contributed by atoms with Gasteiger partial charge in [-0.3, -0.25) is 0 Å². The lowest BCUT2D eigenvalue weighted by atomic mass is 10.0. The number of nitriles is 1. The minimum atomic E-state index is -0.916. The van der Waals surface area contributed by atoms with Crippen LogP contribution in [-0.2, 0) is 27.7 Å². The molecule has 2 aromatic rings. The molecular formula is C21H29N4O4+. The van der Waals surface area contributed by atoms with Crippen LogP contribution in [0.15, 0.2) is 18.2 Å². The summed E-state index contributed by atoms with van der Waals surface area (Å²) in [4.78, 5) is 28.0. The lowest BCUT2D eigenvalue weighted by Crippen LogP contribution is -2.47. The molecule has 1 aromatic heterocycles. The average molecular weight is 401 g/mol. The second kappa shape index (κ2) is 8.11. The van der Waals surface area contributed by atoms with E-state index in [-0.39, 0.29) is 6.42 Å². The molecule has 1 amide bonds. The highest BCUT2D eigenvalue weighted by atomic mass is 16.6. The van der Waals surface area contributed by atoms with Crippen molar-refractivity contribution in [1.29, 1.82) is 5.26 Å². The van der Waals surface area contributed by atoms with Crippen LogP contribution in [0.4, 0.5) is 4.79 Å². The number of aromatic amines is 1. The summed E-state index contributed by atoms with van der Waals surface area (Å²) >= 11 is 0. The van der Waals surface area contributed by atoms with Gasteiger partial charge in [0, 0.05) is 6.42 Å². The molecule has 0 radical (unpaired) electrons. The van der Waals surface area contributed by atoms with Crippen LogP contribution in [0.5, 0.6) is 0 Å². The highest BCUT2D eigenvalue weighted by molar-refractivity contribution is 5.82. The number of hydrogen-bond acceptors (Lipinski definition) is 5. The Morgan fingerprint density at radius 3 is 2.34 bits per heavy atom. The summed E-state index contributed by atoms with van der Waals surface area (Å²) in [5, 5.41) is 11.8. The molecule has 8 heteroatoms. The molecule has 1 heterocycles. The fraction of sp³-hybridized carbons (Fsp3) is 0.524. The maximum Gasteiger partial charge on any atom is 0.408 e. The van der Waals surface area contributed by atoms with Crippen molar-refractivity contribution in [1.82, 2.24) is 10.3 Å². The van der Waals surface area contributed by atoms with Crippen LogP contribution in [0.25, 0.3) is 11.0 Å². The molecule has 0 fully saturated rings. The van der Waals surface area contributed by atoms with Gasteiger partial charge >= 0.3 is 17.9 Å². The number of nitrogens with zero attached hydrogens (tertiary/aromatic N) is 2. The quantitative estimate of drug-likeness (QED) is 0.605. The third-order valence-corrected chi connectivity index (χ3v) is 3.94. The first-order valence-corrected chi connectivity index (χ1v) is 9.42. The predicted octanol–water partition coefficient (Wildman–Crippen LogP) is 2.64. The van der Waals surface area contributed by atoms with Crippen LogP contribution in [-0.4, -0.2) is 34.3 Å². The van der Waals surface area contributed by atoms with Crippen LogP contribution >= 0.6 is 0 Å². The summed E-state index contributed by atoms with van der Waals surface area (Å²) in [6.45, 7) is 10.6. The summed E-state index contributed by atoms with van der Waals surface area (Å²) in [7, 11) is 1.80. The molecule has 0 saturated heterocycles. The van der Waals surface area contributed by atoms with Crippen molar-refractivity contribution in [3.63, 3.8) is 0 Å². The van der Waals surface area contributed by atoms with Gasteiger partial charge < -0.3 is 14.8 Å². The van der Waals surface area contributed by atoms with Gasteiger partial charge in [0.15, 0.2) is 17.1 Å². The van der Waals surface area contributed by atoms with E-state index >= 15 is 0 Å². The number of fused-ring (bicyclic) bond motifs is 1. The highest BCUT2D eigenvalue weighted by Crippen LogP contribution is 2.16. The number of hydrogen-bond donors (Lipinski definition) is 2. The third kappa shape index (κ3) is 6.21. The molecule has 0 unspecified atom stereocenters. The largest absolute Gasteiger partial charge is 0.458 e. The molecular weight excluding hydrogens is 372 g/mol. The number of nitrogens with one attached hydrogen (secondary N) is 2. The summed E-state index contributed by atoms with van der Waals surface area (Å²) in [5.74, 6) is -0.120. The molecule has 2 N–H and O–H groups in total. The number of alkyl carbamates (subject to hydrolysis) is 1. The van der Waals surface area contributed by atoms with Gasteiger partial charge in [-0.2, -0.15) is 5.26 Å². The minimum absolute atomic E-state index is 0.217. The van der Waals surface area contributed by atoms with Crippen molar-refractivity contribution in [2.24, 2.45) is 7.05 Å². The maximum absolute atomic E-state index is 12.7. The Morgan fingerprint density at radius 2 is 1.79 bits per heavy atom. The molecule has 1 atom stereocenters. The fourth-order valence-electron chi connectivity index (χ4n) is 2.79. The maximum atomic E-state index is 12.7. The van der Waals surface area contributed by atoms with Gasteiger partial charge in [-0.05, 0) is 59.2 Å². The standard InChI is InChI=1S/C21H28N4O4/c1-20(2,3)28-18(26)15(24-19(27)29-21(4,5)6)11-13-8-9-16-14(10-13)23-17(12-22)25(16)7/h8-10,15H,11H2,1-7H3,(H,24,27)/p+1/t15-/m0/s1. The van der Waals surface area contributed by atoms with E-state index in [9.17, 15) is 14.9 Å². The SMILES string of the molecule is C[n+]1c(C#N)[nH]c2cc(C[C@H](NC(=O)OC(C)(C)C)C(=O)OC(C)(C)C)ccc21. The Labute approximate surface area is 170 Å². The van der Waals surface area contributed by atoms with Crippen LogP contribution < -0.4 is 9.88 Å². The van der Waals surface area contributed by atoms with Crippen molar-refractivity contribution in [3.8, 4) is 6.07 Å².